The maximum absolute atomic E-state index is 10.8. The van der Waals surface area contributed by atoms with E-state index in [4.69, 9.17) is 0 Å². The van der Waals surface area contributed by atoms with Gasteiger partial charge in [-0.25, -0.2) is 0 Å². The summed E-state index contributed by atoms with van der Waals surface area (Å²) in [6.45, 7) is 5.90. The molecule has 2 aliphatic carbocycles. The van der Waals surface area contributed by atoms with Gasteiger partial charge in [-0.2, -0.15) is 0 Å². The van der Waals surface area contributed by atoms with E-state index in [2.05, 4.69) is 18.7 Å². The van der Waals surface area contributed by atoms with E-state index in [1.807, 2.05) is 6.92 Å². The molecule has 0 saturated carbocycles. The van der Waals surface area contributed by atoms with Crippen molar-refractivity contribution in [3.8, 4) is 17.5 Å². The highest BCUT2D eigenvalue weighted by molar-refractivity contribution is 5.60. The van der Waals surface area contributed by atoms with E-state index < -0.39 is 0 Å². The summed E-state index contributed by atoms with van der Waals surface area (Å²) in [7, 11) is 0. The van der Waals surface area contributed by atoms with Gasteiger partial charge in [-0.15, -0.1) is 0 Å². The molecule has 4 heteroatoms. The topological polar surface area (TPSA) is 65.6 Å². The van der Waals surface area contributed by atoms with Gasteiger partial charge in [0.15, 0.2) is 11.8 Å². The van der Waals surface area contributed by atoms with E-state index in [9.17, 15) is 15.3 Å². The smallest absolute Gasteiger partial charge is 0.198 e. The molecule has 2 bridgehead atoms. The van der Waals surface area contributed by atoms with Crippen molar-refractivity contribution in [1.29, 1.82) is 0 Å². The highest BCUT2D eigenvalue weighted by Crippen LogP contribution is 2.57. The van der Waals surface area contributed by atoms with Crippen LogP contribution in [0.15, 0.2) is 48.6 Å². The molecule has 0 spiro atoms. The largest absolute Gasteiger partial charge is 0.508 e. The second kappa shape index (κ2) is 4.69. The van der Waals surface area contributed by atoms with Crippen LogP contribution in [-0.4, -0.2) is 19.9 Å². The Bertz CT molecular complexity index is 794. The number of rotatable bonds is 3. The Morgan fingerprint density at radius 2 is 1.57 bits per heavy atom. The van der Waals surface area contributed by atoms with Gasteiger partial charge in [0.05, 0.1) is 6.04 Å². The molecule has 3 unspecified atom stereocenters. The van der Waals surface area contributed by atoms with Crippen LogP contribution in [0.3, 0.4) is 0 Å². The molecule has 118 valence electrons. The maximum Gasteiger partial charge on any atom is 0.198 e. The summed E-state index contributed by atoms with van der Waals surface area (Å²) in [6, 6.07) is 6.39. The monoisotopic (exact) mass is 309 g/mol. The van der Waals surface area contributed by atoms with Crippen LogP contribution in [0.5, 0.6) is 17.5 Å². The highest BCUT2D eigenvalue weighted by Gasteiger charge is 2.42. The third kappa shape index (κ3) is 1.84. The van der Waals surface area contributed by atoms with Crippen molar-refractivity contribution in [2.45, 2.75) is 31.2 Å². The summed E-state index contributed by atoms with van der Waals surface area (Å²) >= 11 is 0. The average molecular weight is 309 g/mol. The summed E-state index contributed by atoms with van der Waals surface area (Å²) < 4.78 is 1.56. The third-order valence-electron chi connectivity index (χ3n) is 4.99. The quantitative estimate of drug-likeness (QED) is 0.753. The fourth-order valence-corrected chi connectivity index (χ4v) is 4.01. The molecule has 4 nitrogen and oxygen atoms in total. The Morgan fingerprint density at radius 1 is 1.04 bits per heavy atom. The van der Waals surface area contributed by atoms with Crippen LogP contribution in [-0.2, 0) is 0 Å². The number of fused-ring (bicyclic) bond motifs is 5. The van der Waals surface area contributed by atoms with Crippen LogP contribution in [0.4, 0.5) is 0 Å². The van der Waals surface area contributed by atoms with Crippen LogP contribution in [0.2, 0.25) is 0 Å². The fourth-order valence-electron chi connectivity index (χ4n) is 4.01. The molecule has 1 aromatic heterocycles. The van der Waals surface area contributed by atoms with Gasteiger partial charge in [0.1, 0.15) is 5.75 Å². The first kappa shape index (κ1) is 14.0. The third-order valence-corrected chi connectivity index (χ3v) is 4.99. The molecular weight excluding hydrogens is 290 g/mol. The van der Waals surface area contributed by atoms with Crippen molar-refractivity contribution in [3.63, 3.8) is 0 Å². The molecule has 4 rings (SSSR count). The summed E-state index contributed by atoms with van der Waals surface area (Å²) in [5.74, 6) is 0.797. The Kier molecular flexibility index (Phi) is 2.85. The van der Waals surface area contributed by atoms with Gasteiger partial charge in [0.25, 0.3) is 0 Å². The van der Waals surface area contributed by atoms with Crippen LogP contribution in [0.1, 0.15) is 47.9 Å². The van der Waals surface area contributed by atoms with Gasteiger partial charge in [-0.05, 0) is 31.0 Å². The van der Waals surface area contributed by atoms with Gasteiger partial charge in [0, 0.05) is 23.0 Å². The van der Waals surface area contributed by atoms with Crippen LogP contribution < -0.4 is 0 Å². The minimum absolute atomic E-state index is 0.121. The van der Waals surface area contributed by atoms with Crippen LogP contribution in [0, 0.1) is 0 Å². The molecule has 1 heterocycles. The number of phenols is 1. The van der Waals surface area contributed by atoms with Crippen molar-refractivity contribution in [3.05, 3.63) is 65.3 Å². The van der Waals surface area contributed by atoms with E-state index in [0.29, 0.717) is 0 Å². The molecular formula is C19H19NO3. The highest BCUT2D eigenvalue weighted by atomic mass is 16.3. The lowest BCUT2D eigenvalue weighted by molar-refractivity contribution is 0.355. The number of allylic oxidation sites excluding steroid dienone is 3. The molecule has 23 heavy (non-hydrogen) atoms. The molecule has 3 atom stereocenters. The number of aromatic hydroxyl groups is 3. The van der Waals surface area contributed by atoms with Gasteiger partial charge in [-0.1, -0.05) is 36.4 Å². The zero-order valence-corrected chi connectivity index (χ0v) is 12.9. The number of phenolic OH excluding ortho intramolecular Hbond substituents is 1. The van der Waals surface area contributed by atoms with Crippen molar-refractivity contribution < 1.29 is 15.3 Å². The maximum atomic E-state index is 10.8. The number of hydrogen-bond acceptors (Lipinski definition) is 3. The normalized spacial score (nSPS) is 22.3. The van der Waals surface area contributed by atoms with Crippen molar-refractivity contribution in [2.75, 3.05) is 0 Å². The van der Waals surface area contributed by atoms with Gasteiger partial charge in [-0.3, -0.25) is 4.57 Å². The zero-order valence-electron chi connectivity index (χ0n) is 12.9. The molecule has 2 aliphatic rings. The SMILES string of the molecule is C=C(C)C(c1ccc(O)cc1)n1c(O)c2c(c1O)C1C=CC2C1. The average Bonchev–Trinajstić information content (AvgIpc) is 3.18. The van der Waals surface area contributed by atoms with Crippen molar-refractivity contribution >= 4 is 0 Å². The van der Waals surface area contributed by atoms with E-state index >= 15 is 0 Å². The molecule has 0 amide bonds. The predicted octanol–water partition coefficient (Wildman–Crippen LogP) is 3.91. The van der Waals surface area contributed by atoms with Gasteiger partial charge >= 0.3 is 0 Å². The molecule has 0 aliphatic heterocycles. The summed E-state index contributed by atoms with van der Waals surface area (Å²) in [4.78, 5) is 0. The molecule has 2 aromatic rings. The molecule has 0 fully saturated rings. The predicted molar refractivity (Wildman–Crippen MR) is 88.1 cm³/mol. The molecule has 3 N–H and O–H groups in total. The summed E-state index contributed by atoms with van der Waals surface area (Å²) in [5, 5.41) is 31.0. The standard InChI is InChI=1S/C19H19NO3/c1-10(2)17(11-5-7-14(21)8-6-11)20-18(22)15-12-3-4-13(9-12)16(15)19(20)23/h3-8,12-13,17,21-23H,1,9H2,2H3. The number of nitrogens with zero attached hydrogens (tertiary/aromatic N) is 1. The Hall–Kier alpha value is -2.62. The van der Waals surface area contributed by atoms with Crippen LogP contribution >= 0.6 is 0 Å². The molecule has 0 saturated heterocycles. The fraction of sp³-hybridized carbons (Fsp3) is 0.263. The second-order valence-electron chi connectivity index (χ2n) is 6.52. The van der Waals surface area contributed by atoms with E-state index in [0.717, 1.165) is 28.7 Å². The lowest BCUT2D eigenvalue weighted by atomic mass is 10.00. The Morgan fingerprint density at radius 3 is 2.04 bits per heavy atom. The number of aromatic nitrogens is 1. The Balaban J connectivity index is 1.89. The second-order valence-corrected chi connectivity index (χ2v) is 6.52. The first-order valence-electron chi connectivity index (χ1n) is 7.77. The summed E-state index contributed by atoms with van der Waals surface area (Å²) in [6.07, 6.45) is 5.14. The number of hydrogen-bond donors (Lipinski definition) is 3. The minimum atomic E-state index is -0.374. The lowest BCUT2D eigenvalue weighted by Gasteiger charge is -2.22. The van der Waals surface area contributed by atoms with E-state index in [-0.39, 0.29) is 35.4 Å². The minimum Gasteiger partial charge on any atom is -0.508 e. The summed E-state index contributed by atoms with van der Waals surface area (Å²) in [5.41, 5.74) is 3.35. The first-order chi connectivity index (χ1) is 11.0. The Labute approximate surface area is 134 Å². The van der Waals surface area contributed by atoms with E-state index in [1.165, 1.54) is 0 Å². The van der Waals surface area contributed by atoms with E-state index in [1.54, 1.807) is 28.8 Å². The zero-order chi connectivity index (χ0) is 16.3. The van der Waals surface area contributed by atoms with Crippen LogP contribution in [0.25, 0.3) is 0 Å². The lowest BCUT2D eigenvalue weighted by Crippen LogP contribution is -2.11. The molecule has 1 aromatic carbocycles. The van der Waals surface area contributed by atoms with Crippen molar-refractivity contribution in [1.82, 2.24) is 4.57 Å². The number of benzene rings is 1. The van der Waals surface area contributed by atoms with Gasteiger partial charge in [0.2, 0.25) is 0 Å². The van der Waals surface area contributed by atoms with Gasteiger partial charge < -0.3 is 15.3 Å². The first-order valence-corrected chi connectivity index (χ1v) is 7.77. The molecule has 0 radical (unpaired) electrons. The van der Waals surface area contributed by atoms with Crippen molar-refractivity contribution in [2.24, 2.45) is 0 Å².